The molecule has 2 N–H and O–H groups in total. The molecule has 0 saturated carbocycles. The topological polar surface area (TPSA) is 83.3 Å². The number of hydrogen-bond acceptors (Lipinski definition) is 4. The van der Waals surface area contributed by atoms with Gasteiger partial charge in [0.1, 0.15) is 0 Å². The smallest absolute Gasteiger partial charge is 0.336 e. The highest BCUT2D eigenvalue weighted by molar-refractivity contribution is 7.71. The van der Waals surface area contributed by atoms with E-state index in [0.29, 0.717) is 16.2 Å². The van der Waals surface area contributed by atoms with Crippen LogP contribution in [0.25, 0.3) is 11.4 Å². The summed E-state index contributed by atoms with van der Waals surface area (Å²) in [6.45, 7) is 1.99. The van der Waals surface area contributed by atoms with Crippen molar-refractivity contribution in [2.75, 3.05) is 0 Å². The Balaban J connectivity index is 2.05. The number of aromatic amines is 1. The molecule has 0 aliphatic carbocycles. The molecule has 24 heavy (non-hydrogen) atoms. The van der Waals surface area contributed by atoms with Gasteiger partial charge < -0.3 is 5.11 Å². The lowest BCUT2D eigenvalue weighted by Gasteiger charge is -2.03. The van der Waals surface area contributed by atoms with Crippen molar-refractivity contribution in [3.8, 4) is 11.4 Å². The van der Waals surface area contributed by atoms with Crippen LogP contribution in [0.15, 0.2) is 53.6 Å². The molecule has 3 rings (SSSR count). The van der Waals surface area contributed by atoms with Gasteiger partial charge >= 0.3 is 5.97 Å². The quantitative estimate of drug-likeness (QED) is 0.563. The molecule has 0 atom stereocenters. The average Bonchev–Trinajstić information content (AvgIpc) is 2.94. The fraction of sp³-hybridized carbons (Fsp3) is 0.0588. The van der Waals surface area contributed by atoms with E-state index in [1.807, 2.05) is 31.2 Å². The first-order valence-corrected chi connectivity index (χ1v) is 7.58. The summed E-state index contributed by atoms with van der Waals surface area (Å²) in [4.78, 5) is 11.3. The third kappa shape index (κ3) is 3.16. The lowest BCUT2D eigenvalue weighted by molar-refractivity contribution is 0.0697. The number of aromatic nitrogens is 3. The fourth-order valence-electron chi connectivity index (χ4n) is 2.29. The summed E-state index contributed by atoms with van der Waals surface area (Å²) in [6, 6.07) is 14.4. The highest BCUT2D eigenvalue weighted by atomic mass is 32.1. The first-order valence-electron chi connectivity index (χ1n) is 7.17. The average molecular weight is 338 g/mol. The SMILES string of the molecule is Cc1cccc(-c2n[nH]c(=S)n2N=Cc2ccccc2C(=O)O)c1. The van der Waals surface area contributed by atoms with Crippen molar-refractivity contribution in [1.82, 2.24) is 14.9 Å². The van der Waals surface area contributed by atoms with Crippen molar-refractivity contribution in [1.29, 1.82) is 0 Å². The number of aryl methyl sites for hydroxylation is 1. The Bertz CT molecular complexity index is 988. The molecule has 1 aromatic heterocycles. The van der Waals surface area contributed by atoms with Gasteiger partial charge in [-0.15, -0.1) is 0 Å². The summed E-state index contributed by atoms with van der Waals surface area (Å²) in [7, 11) is 0. The largest absolute Gasteiger partial charge is 0.478 e. The standard InChI is InChI=1S/C17H14N4O2S/c1-11-5-4-7-12(9-11)15-19-20-17(24)21(15)18-10-13-6-2-3-8-14(13)16(22)23/h2-10H,1H3,(H,20,24)(H,22,23). The van der Waals surface area contributed by atoms with Crippen molar-refractivity contribution in [2.45, 2.75) is 6.92 Å². The number of carbonyl (C=O) groups is 1. The molecule has 0 bridgehead atoms. The molecule has 120 valence electrons. The predicted octanol–water partition coefficient (Wildman–Crippen LogP) is 3.50. The van der Waals surface area contributed by atoms with Crippen LogP contribution in [0.3, 0.4) is 0 Å². The van der Waals surface area contributed by atoms with E-state index >= 15 is 0 Å². The molecule has 0 amide bonds. The maximum atomic E-state index is 11.3. The minimum Gasteiger partial charge on any atom is -0.478 e. The second-order valence-corrected chi connectivity index (χ2v) is 5.56. The number of nitrogens with one attached hydrogen (secondary N) is 1. The van der Waals surface area contributed by atoms with Crippen molar-refractivity contribution in [3.05, 3.63) is 70.0 Å². The number of carboxylic acid groups (broad SMARTS) is 1. The van der Waals surface area contributed by atoms with Crippen LogP contribution in [-0.4, -0.2) is 32.2 Å². The van der Waals surface area contributed by atoms with E-state index in [2.05, 4.69) is 15.3 Å². The van der Waals surface area contributed by atoms with E-state index in [-0.39, 0.29) is 5.56 Å². The molecule has 2 aromatic carbocycles. The van der Waals surface area contributed by atoms with E-state index < -0.39 is 5.97 Å². The van der Waals surface area contributed by atoms with E-state index in [1.165, 1.54) is 17.0 Å². The molecule has 0 unspecified atom stereocenters. The van der Waals surface area contributed by atoms with E-state index in [9.17, 15) is 9.90 Å². The van der Waals surface area contributed by atoms with Crippen molar-refractivity contribution in [2.24, 2.45) is 5.10 Å². The molecule has 0 fully saturated rings. The Morgan fingerprint density at radius 3 is 2.83 bits per heavy atom. The monoisotopic (exact) mass is 338 g/mol. The van der Waals surface area contributed by atoms with Gasteiger partial charge in [0, 0.05) is 11.1 Å². The molecule has 6 nitrogen and oxygen atoms in total. The summed E-state index contributed by atoms with van der Waals surface area (Å²) in [5, 5.41) is 20.5. The van der Waals surface area contributed by atoms with Crippen molar-refractivity contribution >= 4 is 24.4 Å². The van der Waals surface area contributed by atoms with Crippen molar-refractivity contribution in [3.63, 3.8) is 0 Å². The molecule has 7 heteroatoms. The summed E-state index contributed by atoms with van der Waals surface area (Å²) in [6.07, 6.45) is 1.47. The van der Waals surface area contributed by atoms with Crippen LogP contribution in [0.4, 0.5) is 0 Å². The number of aromatic carboxylic acids is 1. The van der Waals surface area contributed by atoms with Gasteiger partial charge in [0.05, 0.1) is 11.8 Å². The lowest BCUT2D eigenvalue weighted by Crippen LogP contribution is -2.02. The number of nitrogens with zero attached hydrogens (tertiary/aromatic N) is 3. The van der Waals surface area contributed by atoms with Gasteiger partial charge in [0.15, 0.2) is 5.82 Å². The Morgan fingerprint density at radius 2 is 2.08 bits per heavy atom. The van der Waals surface area contributed by atoms with Crippen LogP contribution in [0.5, 0.6) is 0 Å². The third-order valence-corrected chi connectivity index (χ3v) is 3.69. The highest BCUT2D eigenvalue weighted by Crippen LogP contribution is 2.18. The predicted molar refractivity (Wildman–Crippen MR) is 94.0 cm³/mol. The van der Waals surface area contributed by atoms with E-state index in [0.717, 1.165) is 11.1 Å². The van der Waals surface area contributed by atoms with E-state index in [4.69, 9.17) is 12.2 Å². The van der Waals surface area contributed by atoms with Crippen LogP contribution in [-0.2, 0) is 0 Å². The Kier molecular flexibility index (Phi) is 4.35. The number of rotatable bonds is 4. The van der Waals surface area contributed by atoms with Gasteiger partial charge in [-0.3, -0.25) is 0 Å². The number of benzene rings is 2. The van der Waals surface area contributed by atoms with Crippen LogP contribution >= 0.6 is 12.2 Å². The first-order chi connectivity index (χ1) is 11.6. The summed E-state index contributed by atoms with van der Waals surface area (Å²) in [5.41, 5.74) is 2.62. The molecular formula is C17H14N4O2S. The third-order valence-electron chi connectivity index (χ3n) is 3.43. The zero-order valence-electron chi connectivity index (χ0n) is 12.8. The second-order valence-electron chi connectivity index (χ2n) is 5.17. The van der Waals surface area contributed by atoms with Crippen LogP contribution in [0.1, 0.15) is 21.5 Å². The van der Waals surface area contributed by atoms with Gasteiger partial charge in [-0.05, 0) is 31.3 Å². The molecule has 0 spiro atoms. The zero-order valence-corrected chi connectivity index (χ0v) is 13.6. The molecular weight excluding hydrogens is 324 g/mol. The summed E-state index contributed by atoms with van der Waals surface area (Å²) in [5.74, 6) is -0.445. The van der Waals surface area contributed by atoms with Gasteiger partial charge in [0.2, 0.25) is 4.77 Å². The summed E-state index contributed by atoms with van der Waals surface area (Å²) >= 11 is 5.22. The highest BCUT2D eigenvalue weighted by Gasteiger charge is 2.10. The minimum absolute atomic E-state index is 0.174. The molecule has 1 heterocycles. The first kappa shape index (κ1) is 15.8. The fourth-order valence-corrected chi connectivity index (χ4v) is 2.47. The zero-order chi connectivity index (χ0) is 17.1. The number of carboxylic acids is 1. The molecule has 0 saturated heterocycles. The van der Waals surface area contributed by atoms with Gasteiger partial charge in [-0.1, -0.05) is 42.0 Å². The second kappa shape index (κ2) is 6.59. The Morgan fingerprint density at radius 1 is 1.29 bits per heavy atom. The molecule has 3 aromatic rings. The van der Waals surface area contributed by atoms with Crippen LogP contribution in [0.2, 0.25) is 0 Å². The normalized spacial score (nSPS) is 11.0. The van der Waals surface area contributed by atoms with Gasteiger partial charge in [-0.2, -0.15) is 14.9 Å². The number of H-pyrrole nitrogens is 1. The molecule has 0 aliphatic rings. The van der Waals surface area contributed by atoms with Crippen molar-refractivity contribution < 1.29 is 9.90 Å². The lowest BCUT2D eigenvalue weighted by atomic mass is 10.1. The molecule has 0 radical (unpaired) electrons. The van der Waals surface area contributed by atoms with Crippen LogP contribution in [0, 0.1) is 11.7 Å². The minimum atomic E-state index is -1.01. The van der Waals surface area contributed by atoms with Gasteiger partial charge in [-0.25, -0.2) is 9.89 Å². The van der Waals surface area contributed by atoms with Crippen LogP contribution < -0.4 is 0 Å². The Hall–Kier alpha value is -3.06. The molecule has 0 aliphatic heterocycles. The van der Waals surface area contributed by atoms with E-state index in [1.54, 1.807) is 18.2 Å². The maximum absolute atomic E-state index is 11.3. The number of hydrogen-bond donors (Lipinski definition) is 2. The maximum Gasteiger partial charge on any atom is 0.336 e. The summed E-state index contributed by atoms with van der Waals surface area (Å²) < 4.78 is 1.80. The Labute approximate surface area is 143 Å². The van der Waals surface area contributed by atoms with Gasteiger partial charge in [0.25, 0.3) is 0 Å².